The molecule has 0 unspecified atom stereocenters. The highest BCUT2D eigenvalue weighted by atomic mass is 32.2. The van der Waals surface area contributed by atoms with Gasteiger partial charge in [0.1, 0.15) is 5.82 Å². The molecule has 0 saturated carbocycles. The lowest BCUT2D eigenvalue weighted by atomic mass is 10.2. The fourth-order valence-corrected chi connectivity index (χ4v) is 3.15. The molecule has 1 aromatic heterocycles. The first-order chi connectivity index (χ1) is 11.4. The molecule has 0 fully saturated rings. The van der Waals surface area contributed by atoms with Gasteiger partial charge in [-0.1, -0.05) is 17.7 Å². The van der Waals surface area contributed by atoms with Gasteiger partial charge in [-0.2, -0.15) is 0 Å². The molecule has 130 valence electrons. The van der Waals surface area contributed by atoms with Gasteiger partial charge in [0.25, 0.3) is 10.0 Å². The number of nitrogens with one attached hydrogen (secondary N) is 2. The largest absolute Gasteiger partial charge is 0.370 e. The van der Waals surface area contributed by atoms with Crippen LogP contribution >= 0.6 is 0 Å². The minimum Gasteiger partial charge on any atom is -0.370 e. The van der Waals surface area contributed by atoms with Gasteiger partial charge >= 0.3 is 0 Å². The summed E-state index contributed by atoms with van der Waals surface area (Å²) in [6.07, 6.45) is 2.52. The third-order valence-corrected chi connectivity index (χ3v) is 4.83. The van der Waals surface area contributed by atoms with E-state index in [9.17, 15) is 8.42 Å². The molecule has 2 rings (SSSR count). The zero-order valence-electron chi connectivity index (χ0n) is 14.3. The molecule has 0 spiro atoms. The fraction of sp³-hybridized carbons (Fsp3) is 0.353. The molecule has 1 heterocycles. The number of rotatable bonds is 8. The maximum atomic E-state index is 12.3. The van der Waals surface area contributed by atoms with Crippen LogP contribution in [-0.4, -0.2) is 45.5 Å². The van der Waals surface area contributed by atoms with Gasteiger partial charge in [0.05, 0.1) is 16.8 Å². The van der Waals surface area contributed by atoms with Crippen LogP contribution in [0.5, 0.6) is 0 Å². The van der Waals surface area contributed by atoms with E-state index in [0.717, 1.165) is 30.9 Å². The fourth-order valence-electron chi connectivity index (χ4n) is 2.10. The van der Waals surface area contributed by atoms with E-state index in [1.54, 1.807) is 36.4 Å². The Morgan fingerprint density at radius 2 is 1.79 bits per heavy atom. The SMILES string of the molecule is Cc1ccc(S(=O)(=O)Nc2ccc(NCCCN(C)C)nc2)cc1. The maximum Gasteiger partial charge on any atom is 0.261 e. The third-order valence-electron chi connectivity index (χ3n) is 3.44. The van der Waals surface area contributed by atoms with Crippen molar-refractivity contribution in [2.75, 3.05) is 37.2 Å². The summed E-state index contributed by atoms with van der Waals surface area (Å²) in [7, 11) is 0.481. The number of aryl methyl sites for hydroxylation is 1. The first-order valence-corrected chi connectivity index (χ1v) is 9.29. The van der Waals surface area contributed by atoms with Crippen LogP contribution in [0, 0.1) is 6.92 Å². The number of hydrogen-bond acceptors (Lipinski definition) is 5. The Hall–Kier alpha value is -2.12. The minimum absolute atomic E-state index is 0.235. The van der Waals surface area contributed by atoms with Gasteiger partial charge in [-0.05, 0) is 58.3 Å². The molecular weight excluding hydrogens is 324 g/mol. The number of benzene rings is 1. The Labute approximate surface area is 144 Å². The lowest BCUT2D eigenvalue weighted by molar-refractivity contribution is 0.405. The molecule has 0 aliphatic carbocycles. The van der Waals surface area contributed by atoms with Crippen molar-refractivity contribution in [1.82, 2.24) is 9.88 Å². The van der Waals surface area contributed by atoms with Crippen molar-refractivity contribution in [3.8, 4) is 0 Å². The Morgan fingerprint density at radius 1 is 1.08 bits per heavy atom. The zero-order chi connectivity index (χ0) is 17.6. The Kier molecular flexibility index (Phi) is 6.16. The Balaban J connectivity index is 1.94. The summed E-state index contributed by atoms with van der Waals surface area (Å²) in [5, 5.41) is 3.21. The summed E-state index contributed by atoms with van der Waals surface area (Å²) in [6, 6.07) is 10.2. The molecular formula is C17H24N4O2S. The van der Waals surface area contributed by atoms with E-state index in [-0.39, 0.29) is 4.90 Å². The number of sulfonamides is 1. The molecule has 6 nitrogen and oxygen atoms in total. The second-order valence-corrected chi connectivity index (χ2v) is 7.62. The number of hydrogen-bond donors (Lipinski definition) is 2. The highest BCUT2D eigenvalue weighted by molar-refractivity contribution is 7.92. The molecule has 1 aromatic carbocycles. The van der Waals surface area contributed by atoms with E-state index in [4.69, 9.17) is 0 Å². The molecule has 2 aromatic rings. The van der Waals surface area contributed by atoms with Crippen LogP contribution in [0.3, 0.4) is 0 Å². The standard InChI is InChI=1S/C17H24N4O2S/c1-14-5-8-16(9-6-14)24(22,23)20-15-7-10-17(19-13-15)18-11-4-12-21(2)3/h5-10,13,20H,4,11-12H2,1-3H3,(H,18,19). The Bertz CT molecular complexity index is 741. The molecule has 0 amide bonds. The quantitative estimate of drug-likeness (QED) is 0.717. The van der Waals surface area contributed by atoms with E-state index in [0.29, 0.717) is 5.69 Å². The molecule has 0 atom stereocenters. The lowest BCUT2D eigenvalue weighted by Gasteiger charge is -2.11. The summed E-state index contributed by atoms with van der Waals surface area (Å²) in [5.74, 6) is 0.729. The van der Waals surface area contributed by atoms with Crippen LogP contribution < -0.4 is 10.0 Å². The second-order valence-electron chi connectivity index (χ2n) is 5.93. The van der Waals surface area contributed by atoms with Gasteiger partial charge in [-0.3, -0.25) is 4.72 Å². The predicted molar refractivity (Wildman–Crippen MR) is 97.9 cm³/mol. The summed E-state index contributed by atoms with van der Waals surface area (Å²) < 4.78 is 27.2. The van der Waals surface area contributed by atoms with Crippen molar-refractivity contribution >= 4 is 21.5 Å². The molecule has 7 heteroatoms. The summed E-state index contributed by atoms with van der Waals surface area (Å²) >= 11 is 0. The van der Waals surface area contributed by atoms with Gasteiger partial charge < -0.3 is 10.2 Å². The topological polar surface area (TPSA) is 74.3 Å². The van der Waals surface area contributed by atoms with E-state index < -0.39 is 10.0 Å². The first kappa shape index (κ1) is 18.2. The average molecular weight is 348 g/mol. The summed E-state index contributed by atoms with van der Waals surface area (Å²) in [5.41, 5.74) is 1.45. The summed E-state index contributed by atoms with van der Waals surface area (Å²) in [4.78, 5) is 6.59. The number of anilines is 2. The van der Waals surface area contributed by atoms with Gasteiger partial charge in [0, 0.05) is 6.54 Å². The van der Waals surface area contributed by atoms with Crippen LogP contribution in [0.15, 0.2) is 47.5 Å². The van der Waals surface area contributed by atoms with Crippen LogP contribution in [0.25, 0.3) is 0 Å². The van der Waals surface area contributed by atoms with Gasteiger partial charge in [-0.15, -0.1) is 0 Å². The Morgan fingerprint density at radius 3 is 2.38 bits per heavy atom. The van der Waals surface area contributed by atoms with Crippen molar-refractivity contribution in [3.05, 3.63) is 48.2 Å². The number of aromatic nitrogens is 1. The van der Waals surface area contributed by atoms with Crippen molar-refractivity contribution < 1.29 is 8.42 Å². The van der Waals surface area contributed by atoms with Crippen LogP contribution in [-0.2, 0) is 10.0 Å². The van der Waals surface area contributed by atoms with Crippen LogP contribution in [0.2, 0.25) is 0 Å². The average Bonchev–Trinajstić information content (AvgIpc) is 2.53. The molecule has 2 N–H and O–H groups in total. The molecule has 0 aliphatic heterocycles. The van der Waals surface area contributed by atoms with Crippen molar-refractivity contribution in [3.63, 3.8) is 0 Å². The monoisotopic (exact) mass is 348 g/mol. The lowest BCUT2D eigenvalue weighted by Crippen LogP contribution is -2.16. The van der Waals surface area contributed by atoms with Gasteiger partial charge in [-0.25, -0.2) is 13.4 Å². The van der Waals surface area contributed by atoms with E-state index in [2.05, 4.69) is 19.9 Å². The third kappa shape index (κ3) is 5.50. The molecule has 0 aliphatic rings. The minimum atomic E-state index is -3.59. The zero-order valence-corrected chi connectivity index (χ0v) is 15.1. The highest BCUT2D eigenvalue weighted by Gasteiger charge is 2.13. The van der Waals surface area contributed by atoms with E-state index in [1.807, 2.05) is 21.0 Å². The van der Waals surface area contributed by atoms with Gasteiger partial charge in [0.2, 0.25) is 0 Å². The predicted octanol–water partition coefficient (Wildman–Crippen LogP) is 2.55. The number of pyridine rings is 1. The second kappa shape index (κ2) is 8.12. The summed E-state index contributed by atoms with van der Waals surface area (Å²) in [6.45, 7) is 3.74. The normalized spacial score (nSPS) is 11.5. The maximum absolute atomic E-state index is 12.3. The molecule has 24 heavy (non-hydrogen) atoms. The number of nitrogens with zero attached hydrogens (tertiary/aromatic N) is 2. The van der Waals surface area contributed by atoms with Crippen molar-refractivity contribution in [2.24, 2.45) is 0 Å². The highest BCUT2D eigenvalue weighted by Crippen LogP contribution is 2.17. The van der Waals surface area contributed by atoms with E-state index in [1.165, 1.54) is 6.20 Å². The van der Waals surface area contributed by atoms with Crippen molar-refractivity contribution in [2.45, 2.75) is 18.2 Å². The van der Waals surface area contributed by atoms with Gasteiger partial charge in [0.15, 0.2) is 0 Å². The van der Waals surface area contributed by atoms with Crippen LogP contribution in [0.1, 0.15) is 12.0 Å². The van der Waals surface area contributed by atoms with E-state index >= 15 is 0 Å². The molecule has 0 bridgehead atoms. The first-order valence-electron chi connectivity index (χ1n) is 7.81. The molecule has 0 saturated heterocycles. The van der Waals surface area contributed by atoms with Crippen LogP contribution in [0.4, 0.5) is 11.5 Å². The van der Waals surface area contributed by atoms with Crippen molar-refractivity contribution in [1.29, 1.82) is 0 Å². The molecule has 0 radical (unpaired) electrons. The smallest absolute Gasteiger partial charge is 0.261 e.